The van der Waals surface area contributed by atoms with Crippen LogP contribution in [0.15, 0.2) is 26.9 Å². The second-order valence-electron chi connectivity index (χ2n) is 5.44. The van der Waals surface area contributed by atoms with Crippen molar-refractivity contribution in [1.29, 1.82) is 0 Å². The standard InChI is InChI=1S/C12H15N3O4S2/c1-12(2,3)9-5-10(14-19-9)15-21(17,18)7-4-8(11(13)16)20-6-7/h4-6H,1-3H3,(H2,13,16)(H,14,15). The van der Waals surface area contributed by atoms with Crippen LogP contribution < -0.4 is 10.5 Å². The van der Waals surface area contributed by atoms with Crippen LogP contribution in [0.3, 0.4) is 0 Å². The summed E-state index contributed by atoms with van der Waals surface area (Å²) in [6.45, 7) is 5.76. The van der Waals surface area contributed by atoms with Gasteiger partial charge in [0.15, 0.2) is 5.82 Å². The van der Waals surface area contributed by atoms with Gasteiger partial charge in [0.1, 0.15) is 5.76 Å². The minimum atomic E-state index is -3.83. The number of nitrogens with one attached hydrogen (secondary N) is 1. The number of hydrogen-bond acceptors (Lipinski definition) is 6. The highest BCUT2D eigenvalue weighted by Crippen LogP contribution is 2.26. The summed E-state index contributed by atoms with van der Waals surface area (Å²) in [4.78, 5) is 11.1. The third-order valence-corrected chi connectivity index (χ3v) is 5.04. The number of anilines is 1. The van der Waals surface area contributed by atoms with Crippen LogP contribution >= 0.6 is 11.3 Å². The summed E-state index contributed by atoms with van der Waals surface area (Å²) in [5.74, 6) is -0.0204. The fourth-order valence-electron chi connectivity index (χ4n) is 1.46. The molecule has 0 saturated heterocycles. The number of nitrogens with two attached hydrogens (primary N) is 1. The number of primary amides is 1. The molecule has 0 spiro atoms. The smallest absolute Gasteiger partial charge is 0.263 e. The molecule has 0 aliphatic heterocycles. The lowest BCUT2D eigenvalue weighted by Crippen LogP contribution is -2.13. The van der Waals surface area contributed by atoms with Crippen LogP contribution in [0.4, 0.5) is 5.82 Å². The molecule has 0 unspecified atom stereocenters. The first-order valence-corrected chi connectivity index (χ1v) is 8.34. The van der Waals surface area contributed by atoms with Crippen LogP contribution in [0, 0.1) is 0 Å². The topological polar surface area (TPSA) is 115 Å². The fourth-order valence-corrected chi connectivity index (χ4v) is 3.57. The average Bonchev–Trinajstić information content (AvgIpc) is 2.94. The van der Waals surface area contributed by atoms with E-state index in [4.69, 9.17) is 10.3 Å². The summed E-state index contributed by atoms with van der Waals surface area (Å²) in [5.41, 5.74) is 4.82. The van der Waals surface area contributed by atoms with E-state index in [1.807, 2.05) is 20.8 Å². The molecule has 0 fully saturated rings. The summed E-state index contributed by atoms with van der Waals surface area (Å²) in [6, 6.07) is 2.75. The summed E-state index contributed by atoms with van der Waals surface area (Å²) >= 11 is 0.967. The summed E-state index contributed by atoms with van der Waals surface area (Å²) < 4.78 is 31.7. The maximum absolute atomic E-state index is 12.2. The molecular weight excluding hydrogens is 314 g/mol. The zero-order valence-electron chi connectivity index (χ0n) is 11.7. The number of rotatable bonds is 4. The van der Waals surface area contributed by atoms with E-state index in [0.29, 0.717) is 5.76 Å². The Balaban J connectivity index is 2.24. The first kappa shape index (κ1) is 15.5. The monoisotopic (exact) mass is 329 g/mol. The first-order valence-electron chi connectivity index (χ1n) is 5.98. The molecule has 2 rings (SSSR count). The van der Waals surface area contributed by atoms with E-state index < -0.39 is 15.9 Å². The largest absolute Gasteiger partial charge is 0.365 e. The van der Waals surface area contributed by atoms with E-state index >= 15 is 0 Å². The molecule has 1 amide bonds. The van der Waals surface area contributed by atoms with Crippen molar-refractivity contribution in [2.75, 3.05) is 4.72 Å². The van der Waals surface area contributed by atoms with Crippen LogP contribution in [0.25, 0.3) is 0 Å². The van der Waals surface area contributed by atoms with Crippen molar-refractivity contribution < 1.29 is 17.7 Å². The van der Waals surface area contributed by atoms with Gasteiger partial charge < -0.3 is 10.3 Å². The molecule has 0 radical (unpaired) electrons. The van der Waals surface area contributed by atoms with Gasteiger partial charge in [-0.05, 0) is 6.07 Å². The highest BCUT2D eigenvalue weighted by Gasteiger charge is 2.23. The number of amides is 1. The van der Waals surface area contributed by atoms with Crippen molar-refractivity contribution in [2.45, 2.75) is 31.1 Å². The second-order valence-corrected chi connectivity index (χ2v) is 8.04. The molecule has 0 aliphatic rings. The molecule has 114 valence electrons. The van der Waals surface area contributed by atoms with Gasteiger partial charge in [0.05, 0.1) is 9.77 Å². The minimum Gasteiger partial charge on any atom is -0.365 e. The lowest BCUT2D eigenvalue weighted by Gasteiger charge is -2.12. The van der Waals surface area contributed by atoms with Crippen molar-refractivity contribution in [3.63, 3.8) is 0 Å². The fraction of sp³-hybridized carbons (Fsp3) is 0.333. The SMILES string of the molecule is CC(C)(C)c1cc(NS(=O)(=O)c2csc(C(N)=O)c2)no1. The van der Waals surface area contributed by atoms with Gasteiger partial charge >= 0.3 is 0 Å². The van der Waals surface area contributed by atoms with Crippen molar-refractivity contribution in [3.05, 3.63) is 28.2 Å². The normalized spacial score (nSPS) is 12.3. The molecule has 21 heavy (non-hydrogen) atoms. The van der Waals surface area contributed by atoms with E-state index in [1.54, 1.807) is 0 Å². The van der Waals surface area contributed by atoms with Crippen molar-refractivity contribution >= 4 is 33.1 Å². The van der Waals surface area contributed by atoms with Crippen LogP contribution in [0.5, 0.6) is 0 Å². The number of thiophene rings is 1. The molecular formula is C12H15N3O4S2. The van der Waals surface area contributed by atoms with Crippen LogP contribution in [0.2, 0.25) is 0 Å². The highest BCUT2D eigenvalue weighted by atomic mass is 32.2. The third-order valence-electron chi connectivity index (χ3n) is 2.62. The van der Waals surface area contributed by atoms with Gasteiger partial charge in [-0.2, -0.15) is 0 Å². The van der Waals surface area contributed by atoms with Gasteiger partial charge in [-0.1, -0.05) is 25.9 Å². The average molecular weight is 329 g/mol. The highest BCUT2D eigenvalue weighted by molar-refractivity contribution is 7.92. The maximum atomic E-state index is 12.2. The molecule has 0 aliphatic carbocycles. The van der Waals surface area contributed by atoms with E-state index in [1.165, 1.54) is 17.5 Å². The maximum Gasteiger partial charge on any atom is 0.263 e. The Morgan fingerprint density at radius 2 is 2.05 bits per heavy atom. The lowest BCUT2D eigenvalue weighted by molar-refractivity contribution is 0.100. The van der Waals surface area contributed by atoms with Gasteiger partial charge in [-0.15, -0.1) is 11.3 Å². The Hall–Kier alpha value is -1.87. The summed E-state index contributed by atoms with van der Waals surface area (Å²) in [7, 11) is -3.83. The zero-order valence-corrected chi connectivity index (χ0v) is 13.3. The number of nitrogens with zero attached hydrogens (tertiary/aromatic N) is 1. The third kappa shape index (κ3) is 3.42. The van der Waals surface area contributed by atoms with Gasteiger partial charge in [0, 0.05) is 16.9 Å². The van der Waals surface area contributed by atoms with E-state index in [2.05, 4.69) is 9.88 Å². The number of carbonyl (C=O) groups is 1. The Morgan fingerprint density at radius 1 is 1.38 bits per heavy atom. The van der Waals surface area contributed by atoms with Gasteiger partial charge in [0.2, 0.25) is 0 Å². The number of sulfonamides is 1. The summed E-state index contributed by atoms with van der Waals surface area (Å²) in [6.07, 6.45) is 0. The quantitative estimate of drug-likeness (QED) is 0.889. The zero-order chi connectivity index (χ0) is 15.8. The Bertz CT molecular complexity index is 769. The van der Waals surface area contributed by atoms with Crippen LogP contribution in [0.1, 0.15) is 36.2 Å². The number of hydrogen-bond donors (Lipinski definition) is 2. The molecule has 3 N–H and O–H groups in total. The van der Waals surface area contributed by atoms with Gasteiger partial charge in [0.25, 0.3) is 15.9 Å². The van der Waals surface area contributed by atoms with Crippen molar-refractivity contribution in [1.82, 2.24) is 5.16 Å². The molecule has 7 nitrogen and oxygen atoms in total. The lowest BCUT2D eigenvalue weighted by atomic mass is 9.93. The molecule has 0 aromatic carbocycles. The second kappa shape index (κ2) is 5.15. The predicted octanol–water partition coefficient (Wildman–Crippen LogP) is 1.93. The molecule has 2 aromatic rings. The molecule has 0 bridgehead atoms. The number of carbonyl (C=O) groups excluding carboxylic acids is 1. The predicted molar refractivity (Wildman–Crippen MR) is 78.8 cm³/mol. The summed E-state index contributed by atoms with van der Waals surface area (Å²) in [5, 5.41) is 5.02. The van der Waals surface area contributed by atoms with Gasteiger partial charge in [-0.3, -0.25) is 9.52 Å². The van der Waals surface area contributed by atoms with Crippen LogP contribution in [-0.2, 0) is 15.4 Å². The first-order chi connectivity index (χ1) is 9.59. The van der Waals surface area contributed by atoms with E-state index in [9.17, 15) is 13.2 Å². The number of aromatic nitrogens is 1. The van der Waals surface area contributed by atoms with Crippen molar-refractivity contribution in [3.8, 4) is 0 Å². The Morgan fingerprint density at radius 3 is 2.52 bits per heavy atom. The van der Waals surface area contributed by atoms with Gasteiger partial charge in [-0.25, -0.2) is 8.42 Å². The molecule has 0 saturated carbocycles. The van der Waals surface area contributed by atoms with E-state index in [-0.39, 0.29) is 21.0 Å². The molecule has 2 aromatic heterocycles. The Kier molecular flexibility index (Phi) is 3.81. The van der Waals surface area contributed by atoms with Crippen molar-refractivity contribution in [2.24, 2.45) is 5.73 Å². The molecule has 2 heterocycles. The Labute approximate surface area is 126 Å². The van der Waals surface area contributed by atoms with E-state index in [0.717, 1.165) is 11.3 Å². The van der Waals surface area contributed by atoms with Crippen LogP contribution in [-0.4, -0.2) is 19.5 Å². The molecule has 9 heteroatoms. The molecule has 0 atom stereocenters. The minimum absolute atomic E-state index is 0.0402.